The lowest BCUT2D eigenvalue weighted by atomic mass is 9.99. The van der Waals surface area contributed by atoms with Crippen molar-refractivity contribution in [3.63, 3.8) is 0 Å². The highest BCUT2D eigenvalue weighted by Gasteiger charge is 2.35. The largest absolute Gasteiger partial charge is 0.433 e. The minimum Gasteiger partial charge on any atom is -0.362 e. The van der Waals surface area contributed by atoms with Crippen molar-refractivity contribution in [1.29, 1.82) is 0 Å². The van der Waals surface area contributed by atoms with Crippen LogP contribution in [0.15, 0.2) is 48.9 Å². The van der Waals surface area contributed by atoms with Crippen LogP contribution in [-0.2, 0) is 18.9 Å². The maximum absolute atomic E-state index is 13.7. The molecular formula is C23H19F6N7O. The molecule has 194 valence electrons. The van der Waals surface area contributed by atoms with Crippen molar-refractivity contribution in [2.75, 3.05) is 10.6 Å². The second-order valence-corrected chi connectivity index (χ2v) is 8.00. The Kier molecular flexibility index (Phi) is 6.76. The van der Waals surface area contributed by atoms with E-state index in [-0.39, 0.29) is 22.6 Å². The molecule has 3 aromatic heterocycles. The van der Waals surface area contributed by atoms with E-state index in [0.717, 1.165) is 30.5 Å². The van der Waals surface area contributed by atoms with Gasteiger partial charge in [-0.2, -0.15) is 31.4 Å². The van der Waals surface area contributed by atoms with Crippen LogP contribution in [0.3, 0.4) is 0 Å². The minimum atomic E-state index is -4.69. The van der Waals surface area contributed by atoms with E-state index in [0.29, 0.717) is 23.8 Å². The number of aromatic nitrogens is 5. The Hall–Kier alpha value is -4.23. The Morgan fingerprint density at radius 1 is 1.03 bits per heavy atom. The number of nitrogens with one attached hydrogen (secondary N) is 2. The zero-order chi connectivity index (χ0) is 27.0. The third kappa shape index (κ3) is 5.78. The number of halogens is 6. The van der Waals surface area contributed by atoms with Crippen LogP contribution in [0.2, 0.25) is 0 Å². The lowest BCUT2D eigenvalue weighted by molar-refractivity contribution is -0.141. The van der Waals surface area contributed by atoms with Crippen LogP contribution in [0, 0.1) is 0 Å². The first-order chi connectivity index (χ1) is 17.3. The Balaban J connectivity index is 1.59. The van der Waals surface area contributed by atoms with Gasteiger partial charge in [0.2, 0.25) is 5.65 Å². The topological polar surface area (TPSA) is 97.6 Å². The van der Waals surface area contributed by atoms with Crippen molar-refractivity contribution in [3.8, 4) is 0 Å². The van der Waals surface area contributed by atoms with E-state index in [1.807, 2.05) is 6.92 Å². The fourth-order valence-electron chi connectivity index (χ4n) is 3.53. The summed E-state index contributed by atoms with van der Waals surface area (Å²) in [6.45, 7) is 3.95. The van der Waals surface area contributed by atoms with Gasteiger partial charge in [0.1, 0.15) is 17.0 Å². The van der Waals surface area contributed by atoms with Crippen LogP contribution in [0.4, 0.5) is 37.8 Å². The molecule has 1 amide bonds. The number of alkyl halides is 6. The van der Waals surface area contributed by atoms with Crippen LogP contribution in [-0.4, -0.2) is 30.6 Å². The van der Waals surface area contributed by atoms with Gasteiger partial charge >= 0.3 is 12.4 Å². The van der Waals surface area contributed by atoms with Gasteiger partial charge in [0.15, 0.2) is 0 Å². The van der Waals surface area contributed by atoms with Gasteiger partial charge in [-0.3, -0.25) is 14.5 Å². The molecule has 0 unspecified atom stereocenters. The maximum atomic E-state index is 13.7. The van der Waals surface area contributed by atoms with Crippen LogP contribution >= 0.6 is 0 Å². The summed E-state index contributed by atoms with van der Waals surface area (Å²) in [5.41, 5.74) is -1.66. The minimum absolute atomic E-state index is 0.00442. The van der Waals surface area contributed by atoms with Gasteiger partial charge in [-0.15, -0.1) is 0 Å². The van der Waals surface area contributed by atoms with Crippen LogP contribution in [0.5, 0.6) is 0 Å². The number of carbonyl (C=O) groups is 1. The average Bonchev–Trinajstić information content (AvgIpc) is 3.25. The maximum Gasteiger partial charge on any atom is 0.433 e. The second kappa shape index (κ2) is 9.67. The summed E-state index contributed by atoms with van der Waals surface area (Å²) in [6, 6.07) is 3.63. The molecule has 0 fully saturated rings. The molecule has 0 bridgehead atoms. The monoisotopic (exact) mass is 523 g/mol. The van der Waals surface area contributed by atoms with Gasteiger partial charge < -0.3 is 10.6 Å². The fraction of sp³-hybridized carbons (Fsp3) is 0.261. The molecule has 0 radical (unpaired) electrons. The molecule has 0 aliphatic heterocycles. The van der Waals surface area contributed by atoms with Crippen molar-refractivity contribution in [1.82, 2.24) is 24.7 Å². The predicted molar refractivity (Wildman–Crippen MR) is 122 cm³/mol. The third-order valence-corrected chi connectivity index (χ3v) is 5.36. The summed E-state index contributed by atoms with van der Waals surface area (Å²) in [6.07, 6.45) is -5.57. The number of rotatable bonds is 6. The van der Waals surface area contributed by atoms with E-state index in [9.17, 15) is 31.1 Å². The normalized spacial score (nSPS) is 13.0. The molecule has 0 aliphatic rings. The molecule has 0 saturated carbocycles. The standard InChI is InChI=1S/C23H19F6N7O/c1-3-36-11-17-20(35-36)34-19(10-30-17)32-12(2)15-8-14(5-6-16(15)22(24,25)26)33-21(37)13-4-7-18(31-9-13)23(27,28)29/h4-12H,3H2,1-2H3,(H,33,37)(H,32,34,35)/t12-/m0/s1. The van der Waals surface area contributed by atoms with Crippen LogP contribution in [0.1, 0.15) is 47.1 Å². The van der Waals surface area contributed by atoms with Gasteiger partial charge in [-0.25, -0.2) is 9.97 Å². The number of pyridine rings is 1. The van der Waals surface area contributed by atoms with E-state index >= 15 is 0 Å². The van der Waals surface area contributed by atoms with Crippen molar-refractivity contribution < 1.29 is 31.1 Å². The summed E-state index contributed by atoms with van der Waals surface area (Å²) >= 11 is 0. The first kappa shape index (κ1) is 25.9. The molecule has 0 aliphatic carbocycles. The molecule has 0 spiro atoms. The molecule has 0 saturated heterocycles. The van der Waals surface area contributed by atoms with Crippen molar-refractivity contribution in [3.05, 3.63) is 71.3 Å². The highest BCUT2D eigenvalue weighted by Crippen LogP contribution is 2.37. The third-order valence-electron chi connectivity index (χ3n) is 5.36. The molecule has 3 heterocycles. The molecular weight excluding hydrogens is 504 g/mol. The van der Waals surface area contributed by atoms with Gasteiger partial charge in [-0.1, -0.05) is 0 Å². The summed E-state index contributed by atoms with van der Waals surface area (Å²) in [5.74, 6) is -0.643. The van der Waals surface area contributed by atoms with Gasteiger partial charge in [0.05, 0.1) is 29.6 Å². The molecule has 2 N–H and O–H groups in total. The molecule has 4 aromatic rings. The Bertz CT molecular complexity index is 1430. The van der Waals surface area contributed by atoms with Crippen molar-refractivity contribution >= 4 is 28.6 Å². The summed E-state index contributed by atoms with van der Waals surface area (Å²) in [5, 5.41) is 9.49. The number of hydrogen-bond donors (Lipinski definition) is 2. The fourth-order valence-corrected chi connectivity index (χ4v) is 3.53. The van der Waals surface area contributed by atoms with E-state index in [1.54, 1.807) is 10.9 Å². The number of anilines is 2. The molecule has 4 rings (SSSR count). The van der Waals surface area contributed by atoms with Crippen LogP contribution < -0.4 is 10.6 Å². The van der Waals surface area contributed by atoms with E-state index in [1.165, 1.54) is 13.1 Å². The number of aryl methyl sites for hydroxylation is 1. The number of nitrogens with zero attached hydrogens (tertiary/aromatic N) is 5. The number of carbonyl (C=O) groups excluding carboxylic acids is 1. The molecule has 37 heavy (non-hydrogen) atoms. The first-order valence-corrected chi connectivity index (χ1v) is 10.9. The summed E-state index contributed by atoms with van der Waals surface area (Å²) in [4.78, 5) is 24.2. The summed E-state index contributed by atoms with van der Waals surface area (Å²) < 4.78 is 80.9. The lowest BCUT2D eigenvalue weighted by Gasteiger charge is -2.21. The predicted octanol–water partition coefficient (Wildman–Crippen LogP) is 5.70. The number of amides is 1. The van der Waals surface area contributed by atoms with Gasteiger partial charge in [0, 0.05) is 18.4 Å². The Labute approximate surface area is 205 Å². The molecule has 8 nitrogen and oxygen atoms in total. The highest BCUT2D eigenvalue weighted by molar-refractivity contribution is 6.04. The zero-order valence-corrected chi connectivity index (χ0v) is 19.3. The van der Waals surface area contributed by atoms with Gasteiger partial charge in [0.25, 0.3) is 5.91 Å². The number of hydrogen-bond acceptors (Lipinski definition) is 6. The van der Waals surface area contributed by atoms with Crippen molar-refractivity contribution in [2.45, 2.75) is 38.8 Å². The molecule has 1 atom stereocenters. The number of benzene rings is 1. The van der Waals surface area contributed by atoms with E-state index < -0.39 is 35.6 Å². The SMILES string of the molecule is CCn1cc2ncc(N[C@@H](C)c3cc(NC(=O)c4ccc(C(F)(F)F)nc4)ccc3C(F)(F)F)nc2n1. The van der Waals surface area contributed by atoms with E-state index in [4.69, 9.17) is 0 Å². The lowest BCUT2D eigenvalue weighted by Crippen LogP contribution is -2.18. The first-order valence-electron chi connectivity index (χ1n) is 10.9. The molecule has 1 aromatic carbocycles. The van der Waals surface area contributed by atoms with E-state index in [2.05, 4.69) is 30.7 Å². The second-order valence-electron chi connectivity index (χ2n) is 8.00. The Morgan fingerprint density at radius 2 is 1.78 bits per heavy atom. The van der Waals surface area contributed by atoms with Crippen molar-refractivity contribution in [2.24, 2.45) is 0 Å². The smallest absolute Gasteiger partial charge is 0.362 e. The molecule has 14 heteroatoms. The quantitative estimate of drug-likeness (QED) is 0.315. The van der Waals surface area contributed by atoms with Crippen LogP contribution in [0.25, 0.3) is 11.2 Å². The zero-order valence-electron chi connectivity index (χ0n) is 19.3. The summed E-state index contributed by atoms with van der Waals surface area (Å²) in [7, 11) is 0. The Morgan fingerprint density at radius 3 is 2.41 bits per heavy atom. The number of fused-ring (bicyclic) bond motifs is 1. The highest BCUT2D eigenvalue weighted by atomic mass is 19.4. The average molecular weight is 523 g/mol. The van der Waals surface area contributed by atoms with Gasteiger partial charge in [-0.05, 0) is 49.7 Å².